The maximum Gasteiger partial charge on any atom is 0.407 e. The van der Waals surface area contributed by atoms with E-state index in [2.05, 4.69) is 29.6 Å². The largest absolute Gasteiger partial charge is 0.460 e. The van der Waals surface area contributed by atoms with Crippen molar-refractivity contribution < 1.29 is 52.2 Å². The van der Waals surface area contributed by atoms with Crippen LogP contribution in [0.5, 0.6) is 0 Å². The number of carbonyl (C=O) groups is 2. The minimum atomic E-state index is -0.418. The average Bonchev–Trinajstić information content (AvgIpc) is 3.49. The second-order valence-electron chi connectivity index (χ2n) is 11.4. The van der Waals surface area contributed by atoms with E-state index in [1.807, 2.05) is 30.3 Å². The third kappa shape index (κ3) is 15.5. The van der Waals surface area contributed by atoms with Crippen LogP contribution in [0.25, 0.3) is 11.1 Å². The van der Waals surface area contributed by atoms with Gasteiger partial charge in [-0.25, -0.2) is 9.59 Å². The lowest BCUT2D eigenvalue weighted by molar-refractivity contribution is -0.0223. The molecule has 12 nitrogen and oxygen atoms in total. The highest BCUT2D eigenvalue weighted by atomic mass is 16.6. The second kappa shape index (κ2) is 25.1. The van der Waals surface area contributed by atoms with Crippen molar-refractivity contribution in [1.29, 1.82) is 0 Å². The number of ether oxygens (including phenoxy) is 9. The van der Waals surface area contributed by atoms with Crippen LogP contribution in [-0.2, 0) is 42.6 Å². The number of esters is 1. The molecule has 0 saturated heterocycles. The van der Waals surface area contributed by atoms with E-state index in [0.29, 0.717) is 118 Å². The van der Waals surface area contributed by atoms with E-state index in [0.717, 1.165) is 0 Å². The third-order valence-corrected chi connectivity index (χ3v) is 7.78. The fraction of sp³-hybridized carbons (Fsp3) is 0.487. The van der Waals surface area contributed by atoms with Gasteiger partial charge in [0.05, 0.1) is 91.5 Å². The standard InChI is InChI=1S/C39H51NO11/c41-38(32-9-2-1-3-10-32)50-30-29-49-28-27-48-26-25-47-24-23-46-22-21-45-20-19-44-18-17-43-16-8-15-40-39(42)51-31-37-35-13-6-4-11-33(35)34-12-5-7-14-36(34)37/h1-7,9-14,37H,8,15-31H2,(H,40,42). The van der Waals surface area contributed by atoms with E-state index in [4.69, 9.17) is 42.6 Å². The van der Waals surface area contributed by atoms with Gasteiger partial charge in [0, 0.05) is 19.1 Å². The van der Waals surface area contributed by atoms with Crippen LogP contribution in [0.3, 0.4) is 0 Å². The van der Waals surface area contributed by atoms with Crippen LogP contribution in [0, 0.1) is 0 Å². The van der Waals surface area contributed by atoms with Gasteiger partial charge in [0.2, 0.25) is 0 Å². The van der Waals surface area contributed by atoms with Crippen LogP contribution in [0.1, 0.15) is 33.8 Å². The van der Waals surface area contributed by atoms with E-state index in [-0.39, 0.29) is 18.5 Å². The van der Waals surface area contributed by atoms with Gasteiger partial charge in [-0.2, -0.15) is 0 Å². The molecule has 0 heterocycles. The molecular formula is C39H51NO11. The first-order chi connectivity index (χ1) is 25.2. The number of hydrogen-bond donors (Lipinski definition) is 1. The van der Waals surface area contributed by atoms with Crippen molar-refractivity contribution in [3.8, 4) is 11.1 Å². The van der Waals surface area contributed by atoms with Crippen molar-refractivity contribution in [1.82, 2.24) is 5.32 Å². The maximum atomic E-state index is 12.3. The first kappa shape index (κ1) is 39.9. The zero-order valence-corrected chi connectivity index (χ0v) is 29.3. The zero-order chi connectivity index (χ0) is 35.6. The molecule has 1 aliphatic rings. The fourth-order valence-corrected chi connectivity index (χ4v) is 5.29. The van der Waals surface area contributed by atoms with E-state index in [9.17, 15) is 9.59 Å². The van der Waals surface area contributed by atoms with Crippen molar-refractivity contribution in [2.45, 2.75) is 12.3 Å². The lowest BCUT2D eigenvalue weighted by Crippen LogP contribution is -2.27. The van der Waals surface area contributed by atoms with Gasteiger partial charge in [-0.3, -0.25) is 0 Å². The molecule has 0 radical (unpaired) electrons. The van der Waals surface area contributed by atoms with Gasteiger partial charge in [-0.05, 0) is 40.8 Å². The fourth-order valence-electron chi connectivity index (χ4n) is 5.29. The summed E-state index contributed by atoms with van der Waals surface area (Å²) in [5.74, 6) is -0.312. The molecule has 0 unspecified atom stereocenters. The number of amides is 1. The number of rotatable bonds is 28. The van der Waals surface area contributed by atoms with Crippen LogP contribution >= 0.6 is 0 Å². The topological polar surface area (TPSA) is 129 Å². The van der Waals surface area contributed by atoms with Crippen LogP contribution < -0.4 is 5.32 Å². The maximum absolute atomic E-state index is 12.3. The summed E-state index contributed by atoms with van der Waals surface area (Å²) in [7, 11) is 0. The molecule has 3 aromatic rings. The molecule has 12 heteroatoms. The van der Waals surface area contributed by atoms with Gasteiger partial charge in [0.25, 0.3) is 0 Å². The number of benzene rings is 3. The molecule has 278 valence electrons. The Morgan fingerprint density at radius 3 is 1.37 bits per heavy atom. The average molecular weight is 710 g/mol. The molecule has 4 rings (SSSR count). The van der Waals surface area contributed by atoms with Gasteiger partial charge in [-0.15, -0.1) is 0 Å². The second-order valence-corrected chi connectivity index (χ2v) is 11.4. The smallest absolute Gasteiger partial charge is 0.407 e. The van der Waals surface area contributed by atoms with Crippen LogP contribution in [0.2, 0.25) is 0 Å². The Labute approximate surface area is 300 Å². The predicted molar refractivity (Wildman–Crippen MR) is 190 cm³/mol. The van der Waals surface area contributed by atoms with Crippen LogP contribution in [0.15, 0.2) is 78.9 Å². The number of fused-ring (bicyclic) bond motifs is 3. The number of alkyl carbamates (subject to hydrolysis) is 1. The zero-order valence-electron chi connectivity index (χ0n) is 29.3. The number of carbonyl (C=O) groups excluding carboxylic acids is 2. The van der Waals surface area contributed by atoms with Crippen molar-refractivity contribution in [3.63, 3.8) is 0 Å². The Kier molecular flexibility index (Phi) is 19.7. The van der Waals surface area contributed by atoms with E-state index >= 15 is 0 Å². The summed E-state index contributed by atoms with van der Waals surface area (Å²) in [6.07, 6.45) is 0.262. The van der Waals surface area contributed by atoms with Gasteiger partial charge >= 0.3 is 12.1 Å². The molecule has 0 aromatic heterocycles. The molecule has 0 spiro atoms. The summed E-state index contributed by atoms with van der Waals surface area (Å²) in [6, 6.07) is 25.4. The summed E-state index contributed by atoms with van der Waals surface area (Å²) in [6.45, 7) is 7.38. The quantitative estimate of drug-likeness (QED) is 0.0818. The molecule has 1 N–H and O–H groups in total. The Morgan fingerprint density at radius 1 is 0.471 bits per heavy atom. The summed E-state index contributed by atoms with van der Waals surface area (Å²) in [4.78, 5) is 24.1. The Balaban J connectivity index is 0.821. The minimum absolute atomic E-state index is 0.0474. The molecule has 0 aliphatic heterocycles. The lowest BCUT2D eigenvalue weighted by Gasteiger charge is -2.14. The van der Waals surface area contributed by atoms with Gasteiger partial charge < -0.3 is 47.9 Å². The highest BCUT2D eigenvalue weighted by molar-refractivity contribution is 5.89. The van der Waals surface area contributed by atoms with E-state index < -0.39 is 6.09 Å². The van der Waals surface area contributed by atoms with Gasteiger partial charge in [0.15, 0.2) is 0 Å². The third-order valence-electron chi connectivity index (χ3n) is 7.78. The van der Waals surface area contributed by atoms with E-state index in [1.54, 1.807) is 24.3 Å². The number of nitrogens with one attached hydrogen (secondary N) is 1. The molecule has 1 amide bonds. The molecule has 0 saturated carbocycles. The SMILES string of the molecule is O=C(NCCCOCCOCCOCCOCCOCCOCCOCCOC(=O)c1ccccc1)OCC1c2ccccc2-c2ccccc21. The minimum Gasteiger partial charge on any atom is -0.460 e. The van der Waals surface area contributed by atoms with E-state index in [1.165, 1.54) is 22.3 Å². The molecule has 1 aliphatic carbocycles. The van der Waals surface area contributed by atoms with Crippen molar-refractivity contribution in [2.75, 3.05) is 112 Å². The molecule has 0 fully saturated rings. The monoisotopic (exact) mass is 709 g/mol. The molecule has 0 atom stereocenters. The Hall–Kier alpha value is -3.88. The molecule has 0 bridgehead atoms. The van der Waals surface area contributed by atoms with Crippen LogP contribution in [-0.4, -0.2) is 124 Å². The van der Waals surface area contributed by atoms with Gasteiger partial charge in [-0.1, -0.05) is 66.7 Å². The Morgan fingerprint density at radius 2 is 0.882 bits per heavy atom. The van der Waals surface area contributed by atoms with Gasteiger partial charge in [0.1, 0.15) is 13.2 Å². The normalized spacial score (nSPS) is 12.0. The summed E-state index contributed by atoms with van der Waals surface area (Å²) < 4.78 is 49.1. The lowest BCUT2D eigenvalue weighted by atomic mass is 9.98. The molecule has 3 aromatic carbocycles. The Bertz CT molecular complexity index is 1340. The molecular weight excluding hydrogens is 658 g/mol. The highest BCUT2D eigenvalue weighted by Gasteiger charge is 2.28. The van der Waals surface area contributed by atoms with Crippen LogP contribution in [0.4, 0.5) is 4.79 Å². The number of hydrogen-bond acceptors (Lipinski definition) is 11. The van der Waals surface area contributed by atoms with Crippen molar-refractivity contribution in [3.05, 3.63) is 95.6 Å². The summed E-state index contributed by atoms with van der Waals surface area (Å²) >= 11 is 0. The van der Waals surface area contributed by atoms with Crippen molar-refractivity contribution in [2.24, 2.45) is 0 Å². The predicted octanol–water partition coefficient (Wildman–Crippen LogP) is 4.89. The highest BCUT2D eigenvalue weighted by Crippen LogP contribution is 2.44. The first-order valence-electron chi connectivity index (χ1n) is 17.6. The molecule has 51 heavy (non-hydrogen) atoms. The summed E-state index contributed by atoms with van der Waals surface area (Å²) in [5, 5.41) is 2.80. The summed E-state index contributed by atoms with van der Waals surface area (Å²) in [5.41, 5.74) is 5.32. The first-order valence-corrected chi connectivity index (χ1v) is 17.6. The van der Waals surface area contributed by atoms with Crippen molar-refractivity contribution >= 4 is 12.1 Å².